The molecule has 0 aliphatic heterocycles. The van der Waals surface area contributed by atoms with Gasteiger partial charge in [0, 0.05) is 17.8 Å². The highest BCUT2D eigenvalue weighted by Crippen LogP contribution is 2.33. The Bertz CT molecular complexity index is 426. The van der Waals surface area contributed by atoms with Crippen molar-refractivity contribution in [1.82, 2.24) is 9.97 Å². The van der Waals surface area contributed by atoms with Crippen molar-refractivity contribution in [2.75, 3.05) is 0 Å². The van der Waals surface area contributed by atoms with E-state index in [2.05, 4.69) is 9.97 Å². The Balaban J connectivity index is 2.27. The predicted octanol–water partition coefficient (Wildman–Crippen LogP) is 2.96. The van der Waals surface area contributed by atoms with E-state index in [1.54, 1.807) is 6.20 Å². The molecule has 0 saturated heterocycles. The molecule has 18 heavy (non-hydrogen) atoms. The molecular weight excluding hydrogens is 228 g/mol. The molecule has 1 heterocycles. The maximum Gasteiger partial charge on any atom is 0.314 e. The Morgan fingerprint density at radius 2 is 2.06 bits per heavy atom. The van der Waals surface area contributed by atoms with Crippen LogP contribution >= 0.6 is 0 Å². The molecule has 1 fully saturated rings. The minimum atomic E-state index is -0.839. The van der Waals surface area contributed by atoms with Crippen LogP contribution in [0.4, 0.5) is 0 Å². The quantitative estimate of drug-likeness (QED) is 0.889. The number of hydrogen-bond donors (Lipinski definition) is 1. The summed E-state index contributed by atoms with van der Waals surface area (Å²) in [6.45, 7) is 3.79. The number of carboxylic acid groups (broad SMARTS) is 1. The van der Waals surface area contributed by atoms with Gasteiger partial charge in [-0.15, -0.1) is 0 Å². The van der Waals surface area contributed by atoms with Crippen LogP contribution in [0.1, 0.15) is 62.9 Å². The van der Waals surface area contributed by atoms with Crippen molar-refractivity contribution in [1.29, 1.82) is 0 Å². The molecule has 1 aromatic rings. The van der Waals surface area contributed by atoms with Crippen molar-refractivity contribution in [3.05, 3.63) is 23.8 Å². The molecule has 0 spiro atoms. The van der Waals surface area contributed by atoms with Crippen LogP contribution in [0.25, 0.3) is 0 Å². The molecule has 4 heteroatoms. The molecule has 1 saturated carbocycles. The van der Waals surface area contributed by atoms with Gasteiger partial charge in [-0.3, -0.25) is 4.79 Å². The van der Waals surface area contributed by atoms with Gasteiger partial charge in [-0.2, -0.15) is 0 Å². The molecule has 2 rings (SSSR count). The van der Waals surface area contributed by atoms with Gasteiger partial charge in [0.2, 0.25) is 0 Å². The molecule has 1 atom stereocenters. The minimum absolute atomic E-state index is 0.00123. The van der Waals surface area contributed by atoms with E-state index >= 15 is 0 Å². The van der Waals surface area contributed by atoms with Gasteiger partial charge >= 0.3 is 5.97 Å². The second-order valence-electron chi connectivity index (χ2n) is 5.38. The van der Waals surface area contributed by atoms with E-state index in [1.807, 2.05) is 19.9 Å². The first kappa shape index (κ1) is 13.0. The lowest BCUT2D eigenvalue weighted by Gasteiger charge is -2.16. The zero-order valence-electron chi connectivity index (χ0n) is 11.0. The van der Waals surface area contributed by atoms with Gasteiger partial charge in [0.25, 0.3) is 0 Å². The lowest BCUT2D eigenvalue weighted by atomic mass is 9.94. The SMILES string of the molecule is CC(C)C(C(=O)O)c1nccc(C2CCCC2)n1. The first-order chi connectivity index (χ1) is 8.59. The zero-order chi connectivity index (χ0) is 13.1. The molecule has 1 aromatic heterocycles. The molecule has 0 amide bonds. The Labute approximate surface area is 107 Å². The summed E-state index contributed by atoms with van der Waals surface area (Å²) in [7, 11) is 0. The summed E-state index contributed by atoms with van der Waals surface area (Å²) < 4.78 is 0. The lowest BCUT2D eigenvalue weighted by molar-refractivity contribution is -0.140. The second kappa shape index (κ2) is 5.46. The van der Waals surface area contributed by atoms with Gasteiger partial charge in [-0.1, -0.05) is 26.7 Å². The number of carbonyl (C=O) groups is 1. The summed E-state index contributed by atoms with van der Waals surface area (Å²) in [6.07, 6.45) is 6.52. The topological polar surface area (TPSA) is 63.1 Å². The van der Waals surface area contributed by atoms with E-state index in [9.17, 15) is 9.90 Å². The highest BCUT2D eigenvalue weighted by molar-refractivity contribution is 5.75. The first-order valence-corrected chi connectivity index (χ1v) is 6.65. The number of aliphatic carboxylic acids is 1. The van der Waals surface area contributed by atoms with Gasteiger partial charge in [-0.05, 0) is 24.8 Å². The fourth-order valence-corrected chi connectivity index (χ4v) is 2.68. The van der Waals surface area contributed by atoms with E-state index < -0.39 is 11.9 Å². The average molecular weight is 248 g/mol. The summed E-state index contributed by atoms with van der Waals surface area (Å²) in [6, 6.07) is 1.93. The molecule has 1 unspecified atom stereocenters. The van der Waals surface area contributed by atoms with Crippen LogP contribution in [0, 0.1) is 5.92 Å². The third-order valence-electron chi connectivity index (χ3n) is 3.68. The van der Waals surface area contributed by atoms with Crippen LogP contribution in [-0.2, 0) is 4.79 Å². The maximum atomic E-state index is 11.3. The summed E-state index contributed by atoms with van der Waals surface area (Å²) in [5, 5.41) is 9.27. The molecule has 1 N–H and O–H groups in total. The van der Waals surface area contributed by atoms with Crippen LogP contribution in [0.5, 0.6) is 0 Å². The molecule has 1 aliphatic rings. The smallest absolute Gasteiger partial charge is 0.314 e. The standard InChI is InChI=1S/C14H20N2O2/c1-9(2)12(14(17)18)13-15-8-7-11(16-13)10-5-3-4-6-10/h7-10,12H,3-6H2,1-2H3,(H,17,18). The van der Waals surface area contributed by atoms with E-state index in [0.29, 0.717) is 11.7 Å². The number of hydrogen-bond acceptors (Lipinski definition) is 3. The van der Waals surface area contributed by atoms with Crippen LogP contribution < -0.4 is 0 Å². The fourth-order valence-electron chi connectivity index (χ4n) is 2.68. The van der Waals surface area contributed by atoms with Crippen LogP contribution in [-0.4, -0.2) is 21.0 Å². The van der Waals surface area contributed by atoms with Crippen LogP contribution in [0.15, 0.2) is 12.3 Å². The number of rotatable bonds is 4. The molecule has 0 radical (unpaired) electrons. The molecule has 0 aromatic carbocycles. The number of nitrogens with zero attached hydrogens (tertiary/aromatic N) is 2. The van der Waals surface area contributed by atoms with Crippen molar-refractivity contribution in [3.63, 3.8) is 0 Å². The summed E-state index contributed by atoms with van der Waals surface area (Å²) in [4.78, 5) is 20.0. The summed E-state index contributed by atoms with van der Waals surface area (Å²) >= 11 is 0. The largest absolute Gasteiger partial charge is 0.481 e. The van der Waals surface area contributed by atoms with Crippen molar-refractivity contribution < 1.29 is 9.90 Å². The number of aromatic nitrogens is 2. The van der Waals surface area contributed by atoms with Crippen LogP contribution in [0.2, 0.25) is 0 Å². The highest BCUT2D eigenvalue weighted by atomic mass is 16.4. The van der Waals surface area contributed by atoms with Gasteiger partial charge in [-0.25, -0.2) is 9.97 Å². The Morgan fingerprint density at radius 3 is 2.61 bits per heavy atom. The molecular formula is C14H20N2O2. The van der Waals surface area contributed by atoms with Crippen molar-refractivity contribution >= 4 is 5.97 Å². The normalized spacial score (nSPS) is 18.2. The maximum absolute atomic E-state index is 11.3. The monoisotopic (exact) mass is 248 g/mol. The Morgan fingerprint density at radius 1 is 1.39 bits per heavy atom. The van der Waals surface area contributed by atoms with Crippen LogP contribution in [0.3, 0.4) is 0 Å². The third kappa shape index (κ3) is 2.68. The molecule has 4 nitrogen and oxygen atoms in total. The first-order valence-electron chi connectivity index (χ1n) is 6.65. The minimum Gasteiger partial charge on any atom is -0.481 e. The summed E-state index contributed by atoms with van der Waals surface area (Å²) in [5.41, 5.74) is 1.02. The lowest BCUT2D eigenvalue weighted by Crippen LogP contribution is -2.20. The highest BCUT2D eigenvalue weighted by Gasteiger charge is 2.27. The fraction of sp³-hybridized carbons (Fsp3) is 0.643. The zero-order valence-corrected chi connectivity index (χ0v) is 11.0. The van der Waals surface area contributed by atoms with E-state index in [-0.39, 0.29) is 5.92 Å². The van der Waals surface area contributed by atoms with Crippen molar-refractivity contribution in [2.45, 2.75) is 51.4 Å². The van der Waals surface area contributed by atoms with Gasteiger partial charge < -0.3 is 5.11 Å². The van der Waals surface area contributed by atoms with Gasteiger partial charge in [0.15, 0.2) is 0 Å². The number of carboxylic acids is 1. The summed E-state index contributed by atoms with van der Waals surface area (Å²) in [5.74, 6) is -0.489. The molecule has 98 valence electrons. The van der Waals surface area contributed by atoms with Gasteiger partial charge in [0.1, 0.15) is 11.7 Å². The second-order valence-corrected chi connectivity index (χ2v) is 5.38. The molecule has 0 bridgehead atoms. The predicted molar refractivity (Wildman–Crippen MR) is 68.5 cm³/mol. The van der Waals surface area contributed by atoms with Crippen molar-refractivity contribution in [3.8, 4) is 0 Å². The van der Waals surface area contributed by atoms with Crippen molar-refractivity contribution in [2.24, 2.45) is 5.92 Å². The van der Waals surface area contributed by atoms with Gasteiger partial charge in [0.05, 0.1) is 0 Å². The van der Waals surface area contributed by atoms with E-state index in [0.717, 1.165) is 18.5 Å². The third-order valence-corrected chi connectivity index (χ3v) is 3.68. The Hall–Kier alpha value is -1.45. The molecule has 1 aliphatic carbocycles. The average Bonchev–Trinajstić information content (AvgIpc) is 2.81. The Kier molecular flexibility index (Phi) is 3.94. The van der Waals surface area contributed by atoms with E-state index in [4.69, 9.17) is 0 Å². The van der Waals surface area contributed by atoms with E-state index in [1.165, 1.54) is 12.8 Å².